The van der Waals surface area contributed by atoms with E-state index in [0.717, 1.165) is 6.54 Å². The lowest BCUT2D eigenvalue weighted by Crippen LogP contribution is -2.21. The summed E-state index contributed by atoms with van der Waals surface area (Å²) in [5.74, 6) is 0. The minimum Gasteiger partial charge on any atom is -0.377 e. The highest BCUT2D eigenvalue weighted by Gasteiger charge is 2.30. The smallest absolute Gasteiger partial charge is 0.140 e. The predicted molar refractivity (Wildman–Crippen MR) is 44.5 cm³/mol. The number of nitrogens with zero attached hydrogens (tertiary/aromatic N) is 1. The molecule has 2 unspecified atom stereocenters. The van der Waals surface area contributed by atoms with E-state index in [9.17, 15) is 4.39 Å². The molecule has 0 amide bonds. The Morgan fingerprint density at radius 1 is 1.36 bits per heavy atom. The van der Waals surface area contributed by atoms with E-state index in [1.54, 1.807) is 7.11 Å². The number of methoxy groups -OCH3 is 1. The van der Waals surface area contributed by atoms with Crippen LogP contribution in [-0.2, 0) is 4.74 Å². The fourth-order valence-electron chi connectivity index (χ4n) is 1.13. The Morgan fingerprint density at radius 3 is 2.09 bits per heavy atom. The largest absolute Gasteiger partial charge is 0.377 e. The lowest BCUT2D eigenvalue weighted by Gasteiger charge is -2.07. The molecule has 68 valence electrons. The van der Waals surface area contributed by atoms with Crippen LogP contribution in [0.3, 0.4) is 0 Å². The summed E-state index contributed by atoms with van der Waals surface area (Å²) in [5, 5.41) is 0. The van der Waals surface area contributed by atoms with E-state index >= 15 is 0 Å². The summed E-state index contributed by atoms with van der Waals surface area (Å²) in [6.07, 6.45) is -0.991. The van der Waals surface area contributed by atoms with E-state index in [4.69, 9.17) is 4.74 Å². The van der Waals surface area contributed by atoms with Gasteiger partial charge in [-0.1, -0.05) is 13.8 Å². The Hall–Kier alpha value is -0.150. The molecule has 0 spiro atoms. The second-order valence-electron chi connectivity index (χ2n) is 2.51. The Kier molecular flexibility index (Phi) is 5.42. The summed E-state index contributed by atoms with van der Waals surface area (Å²) in [6, 6.07) is 0. The minimum absolute atomic E-state index is 0.199. The van der Waals surface area contributed by atoms with Gasteiger partial charge in [-0.15, -0.1) is 0 Å². The van der Waals surface area contributed by atoms with Crippen molar-refractivity contribution in [2.45, 2.75) is 26.1 Å². The standard InChI is InChI=1S/C6H12FNO.C2H6/c1-8-3-5(7)6(4-8)9-2;1-2/h5-6H,3-4H2,1-2H3;1-2H3. The van der Waals surface area contributed by atoms with Crippen LogP contribution in [0.25, 0.3) is 0 Å². The van der Waals surface area contributed by atoms with E-state index in [0.29, 0.717) is 6.54 Å². The van der Waals surface area contributed by atoms with Crippen molar-refractivity contribution in [2.24, 2.45) is 0 Å². The van der Waals surface area contributed by atoms with Gasteiger partial charge in [0.05, 0.1) is 0 Å². The highest BCUT2D eigenvalue weighted by Crippen LogP contribution is 2.13. The van der Waals surface area contributed by atoms with E-state index in [1.165, 1.54) is 0 Å². The van der Waals surface area contributed by atoms with Gasteiger partial charge in [0, 0.05) is 20.2 Å². The number of alkyl halides is 1. The van der Waals surface area contributed by atoms with Gasteiger partial charge >= 0.3 is 0 Å². The van der Waals surface area contributed by atoms with Gasteiger partial charge in [-0.3, -0.25) is 0 Å². The normalized spacial score (nSPS) is 31.4. The van der Waals surface area contributed by atoms with Gasteiger partial charge in [0.2, 0.25) is 0 Å². The maximum absolute atomic E-state index is 12.7. The zero-order valence-corrected chi connectivity index (χ0v) is 7.80. The topological polar surface area (TPSA) is 12.5 Å². The summed E-state index contributed by atoms with van der Waals surface area (Å²) in [5.41, 5.74) is 0. The molecular formula is C8H18FNO. The van der Waals surface area contributed by atoms with Gasteiger partial charge in [0.25, 0.3) is 0 Å². The molecule has 2 nitrogen and oxygen atoms in total. The second kappa shape index (κ2) is 5.49. The Balaban J connectivity index is 0.000000461. The molecule has 0 aromatic heterocycles. The second-order valence-corrected chi connectivity index (χ2v) is 2.51. The van der Waals surface area contributed by atoms with Crippen molar-refractivity contribution < 1.29 is 9.13 Å². The first kappa shape index (κ1) is 10.8. The van der Waals surface area contributed by atoms with Gasteiger partial charge in [0.15, 0.2) is 0 Å². The third-order valence-corrected chi connectivity index (χ3v) is 1.68. The van der Waals surface area contributed by atoms with Crippen molar-refractivity contribution in [1.29, 1.82) is 0 Å². The number of halogens is 1. The maximum atomic E-state index is 12.7. The molecule has 11 heavy (non-hydrogen) atoms. The minimum atomic E-state index is -0.792. The first-order valence-electron chi connectivity index (χ1n) is 4.09. The van der Waals surface area contributed by atoms with Gasteiger partial charge in [-0.25, -0.2) is 4.39 Å². The van der Waals surface area contributed by atoms with Crippen LogP contribution in [0.4, 0.5) is 4.39 Å². The molecule has 1 saturated heterocycles. The maximum Gasteiger partial charge on any atom is 0.140 e. The molecule has 0 N–H and O–H groups in total. The molecule has 1 aliphatic heterocycles. The average Bonchev–Trinajstić information content (AvgIpc) is 2.33. The summed E-state index contributed by atoms with van der Waals surface area (Å²) in [4.78, 5) is 1.93. The molecule has 0 saturated carbocycles. The van der Waals surface area contributed by atoms with Crippen molar-refractivity contribution in [3.8, 4) is 0 Å². The Bertz CT molecular complexity index is 100. The lowest BCUT2D eigenvalue weighted by atomic mass is 10.3. The van der Waals surface area contributed by atoms with Crippen LogP contribution in [0.1, 0.15) is 13.8 Å². The SMILES string of the molecule is CC.COC1CN(C)CC1F. The molecule has 1 aliphatic rings. The van der Waals surface area contributed by atoms with E-state index < -0.39 is 6.17 Å². The van der Waals surface area contributed by atoms with Gasteiger partial charge in [-0.2, -0.15) is 0 Å². The Morgan fingerprint density at radius 2 is 1.91 bits per heavy atom. The van der Waals surface area contributed by atoms with Gasteiger partial charge < -0.3 is 9.64 Å². The third-order valence-electron chi connectivity index (χ3n) is 1.68. The van der Waals surface area contributed by atoms with Crippen LogP contribution in [0.5, 0.6) is 0 Å². The van der Waals surface area contributed by atoms with E-state index in [-0.39, 0.29) is 6.10 Å². The van der Waals surface area contributed by atoms with Gasteiger partial charge in [-0.05, 0) is 7.05 Å². The monoisotopic (exact) mass is 163 g/mol. The molecule has 0 aromatic rings. The first-order valence-corrected chi connectivity index (χ1v) is 4.09. The van der Waals surface area contributed by atoms with Crippen molar-refractivity contribution in [2.75, 3.05) is 27.2 Å². The third kappa shape index (κ3) is 3.16. The van der Waals surface area contributed by atoms with Crippen LogP contribution < -0.4 is 0 Å². The number of hydrogen-bond acceptors (Lipinski definition) is 2. The van der Waals surface area contributed by atoms with Crippen molar-refractivity contribution in [3.63, 3.8) is 0 Å². The highest BCUT2D eigenvalue weighted by atomic mass is 19.1. The molecule has 1 heterocycles. The zero-order chi connectivity index (χ0) is 8.85. The van der Waals surface area contributed by atoms with Crippen LogP contribution in [0, 0.1) is 0 Å². The molecule has 1 rings (SSSR count). The number of likely N-dealkylation sites (N-methyl/N-ethyl adjacent to an activating group) is 1. The highest BCUT2D eigenvalue weighted by molar-refractivity contribution is 4.82. The zero-order valence-electron chi connectivity index (χ0n) is 7.80. The fraction of sp³-hybridized carbons (Fsp3) is 1.00. The van der Waals surface area contributed by atoms with Gasteiger partial charge in [0.1, 0.15) is 12.3 Å². The molecule has 1 fully saturated rings. The van der Waals surface area contributed by atoms with Crippen LogP contribution in [-0.4, -0.2) is 44.4 Å². The lowest BCUT2D eigenvalue weighted by molar-refractivity contribution is 0.0629. The van der Waals surface area contributed by atoms with Crippen LogP contribution in [0.2, 0.25) is 0 Å². The molecular weight excluding hydrogens is 145 g/mol. The van der Waals surface area contributed by atoms with Crippen LogP contribution >= 0.6 is 0 Å². The fourth-order valence-corrected chi connectivity index (χ4v) is 1.13. The molecule has 0 aliphatic carbocycles. The van der Waals surface area contributed by atoms with E-state index in [2.05, 4.69) is 0 Å². The predicted octanol–water partition coefficient (Wildman–Crippen LogP) is 1.31. The van der Waals surface area contributed by atoms with E-state index in [1.807, 2.05) is 25.8 Å². The first-order chi connectivity index (χ1) is 5.24. The number of rotatable bonds is 1. The number of likely N-dealkylation sites (tertiary alicyclic amines) is 1. The summed E-state index contributed by atoms with van der Waals surface area (Å²) in [6.45, 7) is 5.23. The Labute approximate surface area is 68.3 Å². The van der Waals surface area contributed by atoms with Crippen LogP contribution in [0.15, 0.2) is 0 Å². The van der Waals surface area contributed by atoms with Crippen molar-refractivity contribution in [3.05, 3.63) is 0 Å². The number of hydrogen-bond donors (Lipinski definition) is 0. The average molecular weight is 163 g/mol. The summed E-state index contributed by atoms with van der Waals surface area (Å²) < 4.78 is 17.5. The number of ether oxygens (including phenoxy) is 1. The molecule has 2 atom stereocenters. The quantitative estimate of drug-likeness (QED) is 0.578. The summed E-state index contributed by atoms with van der Waals surface area (Å²) >= 11 is 0. The molecule has 0 aromatic carbocycles. The molecule has 0 radical (unpaired) electrons. The molecule has 0 bridgehead atoms. The summed E-state index contributed by atoms with van der Waals surface area (Å²) in [7, 11) is 3.45. The molecule has 3 heteroatoms. The van der Waals surface area contributed by atoms with Crippen molar-refractivity contribution in [1.82, 2.24) is 4.90 Å². The van der Waals surface area contributed by atoms with Crippen molar-refractivity contribution >= 4 is 0 Å².